The van der Waals surface area contributed by atoms with Crippen molar-refractivity contribution in [2.75, 3.05) is 44.3 Å². The zero-order valence-corrected chi connectivity index (χ0v) is 17.0. The lowest BCUT2D eigenvalue weighted by Crippen LogP contribution is -2.51. The summed E-state index contributed by atoms with van der Waals surface area (Å²) in [6.45, 7) is 7.77. The number of benzene rings is 2. The van der Waals surface area contributed by atoms with Crippen molar-refractivity contribution in [3.63, 3.8) is 0 Å². The second-order valence-corrected chi connectivity index (χ2v) is 6.73. The topological polar surface area (TPSA) is 54.0 Å². The third-order valence-corrected chi connectivity index (χ3v) is 4.81. The number of ether oxygens (including phenoxy) is 2. The fraction of sp³-hybridized carbons (Fsp3) is 0.409. The van der Waals surface area contributed by atoms with Crippen LogP contribution in [0.4, 0.5) is 14.9 Å². The van der Waals surface area contributed by atoms with E-state index in [-0.39, 0.29) is 18.3 Å². The summed E-state index contributed by atoms with van der Waals surface area (Å²) < 4.78 is 24.9. The fourth-order valence-electron chi connectivity index (χ4n) is 3.36. The first-order valence-electron chi connectivity index (χ1n) is 10.0. The van der Waals surface area contributed by atoms with Crippen molar-refractivity contribution in [2.45, 2.75) is 20.4 Å². The Bertz CT molecular complexity index is 823. The van der Waals surface area contributed by atoms with Crippen molar-refractivity contribution in [3.05, 3.63) is 53.8 Å². The SMILES string of the molecule is CCOc1ccc(CNC(=O)N2CCN(c3ccccc3OCC)CC2)cc1F. The molecule has 0 unspecified atom stereocenters. The number of carbonyl (C=O) groups is 1. The highest BCUT2D eigenvalue weighted by Gasteiger charge is 2.22. The van der Waals surface area contributed by atoms with Crippen LogP contribution >= 0.6 is 0 Å². The number of nitrogens with one attached hydrogen (secondary N) is 1. The van der Waals surface area contributed by atoms with Crippen molar-refractivity contribution < 1.29 is 18.7 Å². The van der Waals surface area contributed by atoms with Crippen LogP contribution in [0.3, 0.4) is 0 Å². The van der Waals surface area contributed by atoms with Crippen LogP contribution in [-0.4, -0.2) is 50.3 Å². The summed E-state index contributed by atoms with van der Waals surface area (Å²) in [5.41, 5.74) is 1.75. The molecular weight excluding hydrogens is 373 g/mol. The molecule has 2 amide bonds. The first-order chi connectivity index (χ1) is 14.1. The molecular formula is C22H28FN3O3. The minimum atomic E-state index is -0.417. The molecule has 1 heterocycles. The molecule has 1 aliphatic rings. The number of nitrogens with zero attached hydrogens (tertiary/aromatic N) is 2. The van der Waals surface area contributed by atoms with Gasteiger partial charge in [-0.3, -0.25) is 0 Å². The third kappa shape index (κ3) is 5.31. The van der Waals surface area contributed by atoms with Gasteiger partial charge in [-0.1, -0.05) is 18.2 Å². The Morgan fingerprint density at radius 3 is 2.38 bits per heavy atom. The molecule has 0 bridgehead atoms. The van der Waals surface area contributed by atoms with Gasteiger partial charge < -0.3 is 24.6 Å². The summed E-state index contributed by atoms with van der Waals surface area (Å²) in [5.74, 6) is 0.677. The first kappa shape index (κ1) is 20.8. The van der Waals surface area contributed by atoms with Crippen molar-refractivity contribution >= 4 is 11.7 Å². The van der Waals surface area contributed by atoms with Crippen LogP contribution < -0.4 is 19.7 Å². The van der Waals surface area contributed by atoms with Gasteiger partial charge in [0, 0.05) is 32.7 Å². The quantitative estimate of drug-likeness (QED) is 0.769. The van der Waals surface area contributed by atoms with Gasteiger partial charge >= 0.3 is 6.03 Å². The Hall–Kier alpha value is -2.96. The lowest BCUT2D eigenvalue weighted by atomic mass is 10.2. The van der Waals surface area contributed by atoms with E-state index in [1.807, 2.05) is 38.1 Å². The lowest BCUT2D eigenvalue weighted by molar-refractivity contribution is 0.193. The molecule has 1 saturated heterocycles. The molecule has 3 rings (SSSR count). The third-order valence-electron chi connectivity index (χ3n) is 4.81. The van der Waals surface area contributed by atoms with Crippen LogP contribution in [0.1, 0.15) is 19.4 Å². The predicted molar refractivity (Wildman–Crippen MR) is 111 cm³/mol. The van der Waals surface area contributed by atoms with Crippen LogP contribution in [0.15, 0.2) is 42.5 Å². The van der Waals surface area contributed by atoms with Crippen LogP contribution in [-0.2, 0) is 6.54 Å². The molecule has 156 valence electrons. The van der Waals surface area contributed by atoms with Crippen LogP contribution in [0.25, 0.3) is 0 Å². The molecule has 2 aromatic carbocycles. The van der Waals surface area contributed by atoms with E-state index in [1.165, 1.54) is 6.07 Å². The Kier molecular flexibility index (Phi) is 7.16. The number of urea groups is 1. The Morgan fingerprint density at radius 2 is 1.69 bits per heavy atom. The van der Waals surface area contributed by atoms with Gasteiger partial charge in [-0.05, 0) is 43.7 Å². The second kappa shape index (κ2) is 10.0. The molecule has 0 aromatic heterocycles. The number of halogens is 1. The van der Waals surface area contributed by atoms with Gasteiger partial charge in [-0.15, -0.1) is 0 Å². The number of anilines is 1. The maximum absolute atomic E-state index is 13.9. The van der Waals surface area contributed by atoms with Gasteiger partial charge in [-0.2, -0.15) is 0 Å². The van der Waals surface area contributed by atoms with Crippen molar-refractivity contribution in [1.82, 2.24) is 10.2 Å². The summed E-state index contributed by atoms with van der Waals surface area (Å²) in [6, 6.07) is 12.6. The molecule has 0 atom stereocenters. The van der Waals surface area contributed by atoms with E-state index in [0.717, 1.165) is 24.5 Å². The Balaban J connectivity index is 1.51. The molecule has 1 fully saturated rings. The van der Waals surface area contributed by atoms with Crippen molar-refractivity contribution in [1.29, 1.82) is 0 Å². The average molecular weight is 401 g/mol. The minimum absolute atomic E-state index is 0.142. The first-order valence-corrected chi connectivity index (χ1v) is 10.0. The van der Waals surface area contributed by atoms with Gasteiger partial charge in [0.25, 0.3) is 0 Å². The molecule has 6 nitrogen and oxygen atoms in total. The Morgan fingerprint density at radius 1 is 1.00 bits per heavy atom. The molecule has 0 radical (unpaired) electrons. The number of hydrogen-bond acceptors (Lipinski definition) is 4. The van der Waals surface area contributed by atoms with Crippen LogP contribution in [0.5, 0.6) is 11.5 Å². The molecule has 0 aliphatic carbocycles. The zero-order valence-electron chi connectivity index (χ0n) is 17.0. The van der Waals surface area contributed by atoms with Gasteiger partial charge in [0.05, 0.1) is 18.9 Å². The standard InChI is InChI=1S/C22H28FN3O3/c1-3-28-20-10-9-17(15-18(20)23)16-24-22(27)26-13-11-25(12-14-26)19-7-5-6-8-21(19)29-4-2/h5-10,15H,3-4,11-14,16H2,1-2H3,(H,24,27). The van der Waals surface area contributed by atoms with E-state index in [2.05, 4.69) is 10.2 Å². The Labute approximate surface area is 171 Å². The number of rotatable bonds is 7. The number of piperazine rings is 1. The fourth-order valence-corrected chi connectivity index (χ4v) is 3.36. The van der Waals surface area contributed by atoms with Gasteiger partial charge in [0.15, 0.2) is 11.6 Å². The number of para-hydroxylation sites is 2. The molecule has 1 aliphatic heterocycles. The van der Waals surface area contributed by atoms with E-state index in [0.29, 0.717) is 31.9 Å². The molecule has 0 saturated carbocycles. The van der Waals surface area contributed by atoms with Crippen LogP contribution in [0, 0.1) is 5.82 Å². The highest BCUT2D eigenvalue weighted by atomic mass is 19.1. The van der Waals surface area contributed by atoms with Gasteiger partial charge in [0.1, 0.15) is 5.75 Å². The van der Waals surface area contributed by atoms with E-state index >= 15 is 0 Å². The molecule has 7 heteroatoms. The summed E-state index contributed by atoms with van der Waals surface area (Å²) in [4.78, 5) is 16.5. The molecule has 2 aromatic rings. The van der Waals surface area contributed by atoms with Crippen LogP contribution in [0.2, 0.25) is 0 Å². The molecule has 0 spiro atoms. The van der Waals surface area contributed by atoms with Crippen molar-refractivity contribution in [2.24, 2.45) is 0 Å². The maximum Gasteiger partial charge on any atom is 0.317 e. The number of amides is 2. The normalized spacial score (nSPS) is 13.9. The number of carbonyl (C=O) groups excluding carboxylic acids is 1. The zero-order chi connectivity index (χ0) is 20.6. The van der Waals surface area contributed by atoms with E-state index < -0.39 is 5.82 Å². The summed E-state index contributed by atoms with van der Waals surface area (Å²) in [6.07, 6.45) is 0. The van der Waals surface area contributed by atoms with E-state index in [4.69, 9.17) is 9.47 Å². The van der Waals surface area contributed by atoms with E-state index in [1.54, 1.807) is 17.0 Å². The predicted octanol–water partition coefficient (Wildman–Crippen LogP) is 3.65. The maximum atomic E-state index is 13.9. The number of hydrogen-bond donors (Lipinski definition) is 1. The molecule has 1 N–H and O–H groups in total. The lowest BCUT2D eigenvalue weighted by Gasteiger charge is -2.36. The van der Waals surface area contributed by atoms with Gasteiger partial charge in [0.2, 0.25) is 0 Å². The highest BCUT2D eigenvalue weighted by Crippen LogP contribution is 2.28. The summed E-state index contributed by atoms with van der Waals surface area (Å²) in [5, 5.41) is 2.87. The van der Waals surface area contributed by atoms with Crippen molar-refractivity contribution in [3.8, 4) is 11.5 Å². The summed E-state index contributed by atoms with van der Waals surface area (Å²) >= 11 is 0. The van der Waals surface area contributed by atoms with E-state index in [9.17, 15) is 9.18 Å². The monoisotopic (exact) mass is 401 g/mol. The smallest absolute Gasteiger partial charge is 0.317 e. The summed E-state index contributed by atoms with van der Waals surface area (Å²) in [7, 11) is 0. The largest absolute Gasteiger partial charge is 0.492 e. The van der Waals surface area contributed by atoms with Gasteiger partial charge in [-0.25, -0.2) is 9.18 Å². The molecule has 29 heavy (non-hydrogen) atoms. The second-order valence-electron chi connectivity index (χ2n) is 6.73. The minimum Gasteiger partial charge on any atom is -0.492 e. The average Bonchev–Trinajstić information content (AvgIpc) is 2.75. The highest BCUT2D eigenvalue weighted by molar-refractivity contribution is 5.74.